The van der Waals surface area contributed by atoms with Crippen LogP contribution in [0.1, 0.15) is 31.6 Å². The summed E-state index contributed by atoms with van der Waals surface area (Å²) in [6, 6.07) is 0.821. The van der Waals surface area contributed by atoms with Gasteiger partial charge >= 0.3 is 0 Å². The third kappa shape index (κ3) is 2.13. The summed E-state index contributed by atoms with van der Waals surface area (Å²) in [7, 11) is 0. The van der Waals surface area contributed by atoms with Crippen LogP contribution in [0.15, 0.2) is 12.4 Å². The second-order valence-corrected chi connectivity index (χ2v) is 3.66. The molecule has 2 rings (SSSR count). The van der Waals surface area contributed by atoms with E-state index in [1.165, 1.54) is 0 Å². The van der Waals surface area contributed by atoms with Crippen LogP contribution < -0.4 is 5.32 Å². The zero-order valence-electron chi connectivity index (χ0n) is 8.49. The zero-order valence-corrected chi connectivity index (χ0v) is 8.49. The number of aromatic nitrogens is 2. The first-order valence-electron chi connectivity index (χ1n) is 5.23. The van der Waals surface area contributed by atoms with Gasteiger partial charge in [-0.3, -0.25) is 0 Å². The molecule has 1 fully saturated rings. The van der Waals surface area contributed by atoms with Gasteiger partial charge in [0, 0.05) is 25.0 Å². The molecule has 2 N–H and O–H groups in total. The zero-order chi connectivity index (χ0) is 9.80. The van der Waals surface area contributed by atoms with Crippen LogP contribution in [0.2, 0.25) is 0 Å². The summed E-state index contributed by atoms with van der Waals surface area (Å²) in [6.45, 7) is 3.87. The summed E-state index contributed by atoms with van der Waals surface area (Å²) >= 11 is 0. The van der Waals surface area contributed by atoms with E-state index in [4.69, 9.17) is 4.74 Å². The largest absolute Gasteiger partial charge is 0.380 e. The number of nitrogens with zero attached hydrogens (tertiary/aromatic N) is 1. The van der Waals surface area contributed by atoms with Crippen LogP contribution in [0.5, 0.6) is 0 Å². The number of ether oxygens (including phenoxy) is 1. The Hall–Kier alpha value is -0.870. The highest BCUT2D eigenvalue weighted by molar-refractivity contribution is 4.96. The Kier molecular flexibility index (Phi) is 3.16. The molecule has 0 aliphatic carbocycles. The molecule has 0 amide bonds. The molecular formula is C10H17N3O. The smallest absolute Gasteiger partial charge is 0.123 e. The van der Waals surface area contributed by atoms with Crippen molar-refractivity contribution < 1.29 is 4.74 Å². The summed E-state index contributed by atoms with van der Waals surface area (Å²) in [5.74, 6) is 1.03. The van der Waals surface area contributed by atoms with Crippen LogP contribution in [-0.2, 0) is 4.74 Å². The van der Waals surface area contributed by atoms with Crippen molar-refractivity contribution >= 4 is 0 Å². The number of nitrogens with one attached hydrogen (secondary N) is 2. The first kappa shape index (κ1) is 9.68. The lowest BCUT2D eigenvalue weighted by Crippen LogP contribution is -2.33. The average molecular weight is 195 g/mol. The Balaban J connectivity index is 1.93. The summed E-state index contributed by atoms with van der Waals surface area (Å²) in [6.07, 6.45) is 5.82. The molecule has 1 aromatic heterocycles. The van der Waals surface area contributed by atoms with Gasteiger partial charge in [0.1, 0.15) is 5.82 Å². The maximum absolute atomic E-state index is 5.33. The van der Waals surface area contributed by atoms with Crippen molar-refractivity contribution in [2.24, 2.45) is 0 Å². The van der Waals surface area contributed by atoms with Crippen molar-refractivity contribution in [1.29, 1.82) is 0 Å². The van der Waals surface area contributed by atoms with E-state index in [-0.39, 0.29) is 0 Å². The minimum atomic E-state index is 0.330. The van der Waals surface area contributed by atoms with E-state index in [9.17, 15) is 0 Å². The molecule has 0 radical (unpaired) electrons. The monoisotopic (exact) mass is 195 g/mol. The minimum Gasteiger partial charge on any atom is -0.380 e. The first-order valence-corrected chi connectivity index (χ1v) is 5.23. The lowest BCUT2D eigenvalue weighted by Gasteiger charge is -2.18. The van der Waals surface area contributed by atoms with Crippen molar-refractivity contribution in [1.82, 2.24) is 15.3 Å². The fraction of sp³-hybridized carbons (Fsp3) is 0.700. The molecule has 4 heteroatoms. The highest BCUT2D eigenvalue weighted by Gasteiger charge is 2.20. The topological polar surface area (TPSA) is 49.9 Å². The fourth-order valence-corrected chi connectivity index (χ4v) is 1.81. The maximum atomic E-state index is 5.33. The molecule has 4 nitrogen and oxygen atoms in total. The van der Waals surface area contributed by atoms with Gasteiger partial charge in [-0.2, -0.15) is 0 Å². The summed E-state index contributed by atoms with van der Waals surface area (Å²) in [4.78, 5) is 7.42. The molecule has 0 spiro atoms. The predicted molar refractivity (Wildman–Crippen MR) is 54.0 cm³/mol. The fourth-order valence-electron chi connectivity index (χ4n) is 1.81. The molecule has 1 aliphatic heterocycles. The van der Waals surface area contributed by atoms with Gasteiger partial charge in [-0.15, -0.1) is 0 Å². The van der Waals surface area contributed by atoms with Crippen LogP contribution in [0.25, 0.3) is 0 Å². The van der Waals surface area contributed by atoms with E-state index in [2.05, 4.69) is 22.2 Å². The Labute approximate surface area is 84.1 Å². The van der Waals surface area contributed by atoms with Gasteiger partial charge in [-0.25, -0.2) is 4.98 Å². The molecule has 0 bridgehead atoms. The van der Waals surface area contributed by atoms with Gasteiger partial charge in [-0.1, -0.05) is 6.92 Å². The Morgan fingerprint density at radius 1 is 1.79 bits per heavy atom. The van der Waals surface area contributed by atoms with Gasteiger partial charge < -0.3 is 15.0 Å². The molecule has 14 heavy (non-hydrogen) atoms. The Bertz CT molecular complexity index is 254. The van der Waals surface area contributed by atoms with E-state index in [1.807, 2.05) is 6.20 Å². The molecule has 1 aliphatic rings. The van der Waals surface area contributed by atoms with Gasteiger partial charge in [0.25, 0.3) is 0 Å². The summed E-state index contributed by atoms with van der Waals surface area (Å²) in [5, 5.41) is 3.55. The number of aromatic amines is 1. The SMILES string of the molecule is CCC(NC1CCOC1)c1ncc[nH]1. The molecule has 1 aromatic rings. The quantitative estimate of drug-likeness (QED) is 0.760. The van der Waals surface area contributed by atoms with Crippen molar-refractivity contribution in [3.8, 4) is 0 Å². The molecule has 2 heterocycles. The highest BCUT2D eigenvalue weighted by Crippen LogP contribution is 2.15. The van der Waals surface area contributed by atoms with E-state index < -0.39 is 0 Å². The maximum Gasteiger partial charge on any atom is 0.123 e. The van der Waals surface area contributed by atoms with Gasteiger partial charge in [0.05, 0.1) is 12.6 Å². The van der Waals surface area contributed by atoms with Crippen LogP contribution in [0.3, 0.4) is 0 Å². The number of imidazole rings is 1. The normalized spacial score (nSPS) is 23.9. The molecular weight excluding hydrogens is 178 g/mol. The molecule has 78 valence electrons. The number of hydrogen-bond donors (Lipinski definition) is 2. The van der Waals surface area contributed by atoms with E-state index in [0.29, 0.717) is 12.1 Å². The van der Waals surface area contributed by atoms with Gasteiger partial charge in [0.2, 0.25) is 0 Å². The van der Waals surface area contributed by atoms with Crippen LogP contribution in [-0.4, -0.2) is 29.2 Å². The van der Waals surface area contributed by atoms with E-state index >= 15 is 0 Å². The average Bonchev–Trinajstić information content (AvgIpc) is 2.86. The summed E-state index contributed by atoms with van der Waals surface area (Å²) < 4.78 is 5.33. The predicted octanol–water partition coefficient (Wildman–Crippen LogP) is 1.24. The van der Waals surface area contributed by atoms with Crippen molar-refractivity contribution in [2.75, 3.05) is 13.2 Å². The molecule has 0 aromatic carbocycles. The van der Waals surface area contributed by atoms with Crippen molar-refractivity contribution in [3.63, 3.8) is 0 Å². The van der Waals surface area contributed by atoms with Crippen LogP contribution >= 0.6 is 0 Å². The van der Waals surface area contributed by atoms with Gasteiger partial charge in [0.15, 0.2) is 0 Å². The summed E-state index contributed by atoms with van der Waals surface area (Å²) in [5.41, 5.74) is 0. The lowest BCUT2D eigenvalue weighted by atomic mass is 10.1. The minimum absolute atomic E-state index is 0.330. The Morgan fingerprint density at radius 2 is 2.71 bits per heavy atom. The second kappa shape index (κ2) is 4.57. The molecule has 0 saturated carbocycles. The molecule has 2 unspecified atom stereocenters. The van der Waals surface area contributed by atoms with Crippen LogP contribution in [0, 0.1) is 0 Å². The third-order valence-electron chi connectivity index (χ3n) is 2.62. The standard InChI is InChI=1S/C10H17N3O/c1-2-9(10-11-4-5-12-10)13-8-3-6-14-7-8/h4-5,8-9,13H,2-3,6-7H2,1H3,(H,11,12). The first-order chi connectivity index (χ1) is 6.90. The van der Waals surface area contributed by atoms with E-state index in [0.717, 1.165) is 31.9 Å². The molecule has 2 atom stereocenters. The van der Waals surface area contributed by atoms with Crippen molar-refractivity contribution in [3.05, 3.63) is 18.2 Å². The van der Waals surface area contributed by atoms with E-state index in [1.54, 1.807) is 6.20 Å². The van der Waals surface area contributed by atoms with Gasteiger partial charge in [-0.05, 0) is 12.8 Å². The number of H-pyrrole nitrogens is 1. The van der Waals surface area contributed by atoms with Crippen LogP contribution in [0.4, 0.5) is 0 Å². The Morgan fingerprint density at radius 3 is 3.29 bits per heavy atom. The molecule has 1 saturated heterocycles. The third-order valence-corrected chi connectivity index (χ3v) is 2.62. The lowest BCUT2D eigenvalue weighted by molar-refractivity contribution is 0.187. The highest BCUT2D eigenvalue weighted by atomic mass is 16.5. The second-order valence-electron chi connectivity index (χ2n) is 3.66. The van der Waals surface area contributed by atoms with Crippen molar-refractivity contribution in [2.45, 2.75) is 31.8 Å². The number of hydrogen-bond acceptors (Lipinski definition) is 3. The number of rotatable bonds is 4.